The molecule has 2 aliphatic rings. The lowest BCUT2D eigenvalue weighted by Gasteiger charge is -2.26. The Morgan fingerprint density at radius 2 is 1.84 bits per heavy atom. The van der Waals surface area contributed by atoms with Gasteiger partial charge in [0.2, 0.25) is 0 Å². The second-order valence-corrected chi connectivity index (χ2v) is 6.39. The van der Waals surface area contributed by atoms with Crippen LogP contribution in [0.4, 0.5) is 4.39 Å². The second-order valence-electron chi connectivity index (χ2n) is 6.39. The summed E-state index contributed by atoms with van der Waals surface area (Å²) in [5, 5.41) is 0. The summed E-state index contributed by atoms with van der Waals surface area (Å²) in [6.07, 6.45) is 2.62. The zero-order valence-electron chi connectivity index (χ0n) is 13.9. The largest absolute Gasteiger partial charge is 0.490 e. The van der Waals surface area contributed by atoms with E-state index in [0.29, 0.717) is 19.8 Å². The molecule has 2 aromatic carbocycles. The molecule has 1 atom stereocenters. The van der Waals surface area contributed by atoms with Gasteiger partial charge in [-0.3, -0.25) is 4.79 Å². The maximum Gasteiger partial charge on any atom is 0.257 e. The molecule has 0 radical (unpaired) electrons. The number of carbonyl (C=O) groups is 1. The minimum absolute atomic E-state index is 0.0655. The van der Waals surface area contributed by atoms with Crippen LogP contribution < -0.4 is 9.47 Å². The summed E-state index contributed by atoms with van der Waals surface area (Å²) >= 11 is 0. The number of ether oxygens (including phenoxy) is 2. The molecule has 1 amide bonds. The molecule has 0 aromatic heterocycles. The number of hydrogen-bond donors (Lipinski definition) is 0. The van der Waals surface area contributed by atoms with E-state index in [1.165, 1.54) is 6.07 Å². The summed E-state index contributed by atoms with van der Waals surface area (Å²) in [5.74, 6) is 0.732. The number of rotatable bonds is 2. The molecule has 0 spiro atoms. The van der Waals surface area contributed by atoms with Gasteiger partial charge in [-0.05, 0) is 42.7 Å². The van der Waals surface area contributed by atoms with Crippen LogP contribution >= 0.6 is 0 Å². The highest BCUT2D eigenvalue weighted by molar-refractivity contribution is 5.95. The van der Waals surface area contributed by atoms with Crippen molar-refractivity contribution in [1.29, 1.82) is 0 Å². The molecule has 1 saturated heterocycles. The van der Waals surface area contributed by atoms with E-state index in [0.717, 1.165) is 36.3 Å². The number of nitrogens with zero attached hydrogens (tertiary/aromatic N) is 1. The predicted molar refractivity (Wildman–Crippen MR) is 91.5 cm³/mol. The minimum atomic E-state index is -0.475. The van der Waals surface area contributed by atoms with E-state index in [9.17, 15) is 9.18 Å². The van der Waals surface area contributed by atoms with E-state index in [1.54, 1.807) is 23.1 Å². The molecule has 130 valence electrons. The fourth-order valence-electron chi connectivity index (χ4n) is 3.53. The maximum atomic E-state index is 14.0. The van der Waals surface area contributed by atoms with E-state index < -0.39 is 5.82 Å². The first-order valence-electron chi connectivity index (χ1n) is 8.69. The zero-order chi connectivity index (χ0) is 17.2. The van der Waals surface area contributed by atoms with Gasteiger partial charge in [-0.25, -0.2) is 4.39 Å². The molecule has 4 rings (SSSR count). The molecule has 0 N–H and O–H groups in total. The van der Waals surface area contributed by atoms with Crippen LogP contribution in [0.2, 0.25) is 0 Å². The molecule has 1 fully saturated rings. The average Bonchev–Trinajstić information content (AvgIpc) is 3.00. The van der Waals surface area contributed by atoms with E-state index in [4.69, 9.17) is 9.47 Å². The molecule has 0 aliphatic carbocycles. The standard InChI is InChI=1S/C20H20FNO3/c21-16-6-2-1-5-15(16)20(23)22-10-3-7-17(22)14-8-9-18-19(13-14)25-12-4-11-24-18/h1-2,5-6,8-9,13,17H,3-4,7,10-12H2. The summed E-state index contributed by atoms with van der Waals surface area (Å²) in [6.45, 7) is 1.90. The molecule has 4 nitrogen and oxygen atoms in total. The topological polar surface area (TPSA) is 38.8 Å². The van der Waals surface area contributed by atoms with Crippen molar-refractivity contribution < 1.29 is 18.7 Å². The fraction of sp³-hybridized carbons (Fsp3) is 0.350. The van der Waals surface area contributed by atoms with Gasteiger partial charge in [0.15, 0.2) is 11.5 Å². The third kappa shape index (κ3) is 3.06. The fourth-order valence-corrected chi connectivity index (χ4v) is 3.53. The first kappa shape index (κ1) is 15.9. The van der Waals surface area contributed by atoms with Crippen molar-refractivity contribution >= 4 is 5.91 Å². The summed E-state index contributed by atoms with van der Waals surface area (Å²) in [7, 11) is 0. The lowest BCUT2D eigenvalue weighted by atomic mass is 10.0. The Labute approximate surface area is 146 Å². The average molecular weight is 341 g/mol. The molecule has 5 heteroatoms. The van der Waals surface area contributed by atoms with Crippen molar-refractivity contribution in [1.82, 2.24) is 4.90 Å². The molecular weight excluding hydrogens is 321 g/mol. The molecule has 2 aromatic rings. The molecule has 0 saturated carbocycles. The monoisotopic (exact) mass is 341 g/mol. The van der Waals surface area contributed by atoms with Crippen LogP contribution in [0.1, 0.15) is 41.2 Å². The number of hydrogen-bond acceptors (Lipinski definition) is 3. The van der Waals surface area contributed by atoms with Crippen LogP contribution in [-0.2, 0) is 0 Å². The van der Waals surface area contributed by atoms with Gasteiger partial charge in [0.25, 0.3) is 5.91 Å². The Morgan fingerprint density at radius 3 is 2.68 bits per heavy atom. The number of fused-ring (bicyclic) bond motifs is 1. The SMILES string of the molecule is O=C(c1ccccc1F)N1CCCC1c1ccc2c(c1)OCCCO2. The number of amides is 1. The van der Waals surface area contributed by atoms with E-state index in [2.05, 4.69) is 0 Å². The van der Waals surface area contributed by atoms with Crippen molar-refractivity contribution in [3.05, 3.63) is 59.4 Å². The Bertz CT molecular complexity index is 792. The molecule has 2 aliphatic heterocycles. The highest BCUT2D eigenvalue weighted by Crippen LogP contribution is 2.38. The van der Waals surface area contributed by atoms with Crippen LogP contribution in [0.5, 0.6) is 11.5 Å². The maximum absolute atomic E-state index is 14.0. The first-order valence-corrected chi connectivity index (χ1v) is 8.69. The van der Waals surface area contributed by atoms with Crippen LogP contribution in [0.3, 0.4) is 0 Å². The zero-order valence-corrected chi connectivity index (χ0v) is 13.9. The van der Waals surface area contributed by atoms with Gasteiger partial charge in [-0.1, -0.05) is 18.2 Å². The van der Waals surface area contributed by atoms with Crippen LogP contribution in [-0.4, -0.2) is 30.6 Å². The highest BCUT2D eigenvalue weighted by Gasteiger charge is 2.32. The smallest absolute Gasteiger partial charge is 0.257 e. The van der Waals surface area contributed by atoms with E-state index >= 15 is 0 Å². The van der Waals surface area contributed by atoms with Gasteiger partial charge in [-0.2, -0.15) is 0 Å². The van der Waals surface area contributed by atoms with Crippen molar-refractivity contribution in [3.63, 3.8) is 0 Å². The number of carbonyl (C=O) groups excluding carboxylic acids is 1. The Kier molecular flexibility index (Phi) is 4.30. The first-order chi connectivity index (χ1) is 12.2. The third-order valence-corrected chi connectivity index (χ3v) is 4.77. The van der Waals surface area contributed by atoms with Gasteiger partial charge in [-0.15, -0.1) is 0 Å². The molecule has 0 bridgehead atoms. The molecular formula is C20H20FNO3. The van der Waals surface area contributed by atoms with Gasteiger partial charge in [0.05, 0.1) is 24.8 Å². The molecule has 25 heavy (non-hydrogen) atoms. The van der Waals surface area contributed by atoms with Crippen LogP contribution in [0, 0.1) is 5.82 Å². The minimum Gasteiger partial charge on any atom is -0.490 e. The summed E-state index contributed by atoms with van der Waals surface area (Å²) in [5.41, 5.74) is 1.13. The van der Waals surface area contributed by atoms with Crippen LogP contribution in [0.15, 0.2) is 42.5 Å². The van der Waals surface area contributed by atoms with Gasteiger partial charge >= 0.3 is 0 Å². The van der Waals surface area contributed by atoms with E-state index in [1.807, 2.05) is 18.2 Å². The summed E-state index contributed by atoms with van der Waals surface area (Å²) in [6, 6.07) is 11.9. The lowest BCUT2D eigenvalue weighted by Crippen LogP contribution is -2.31. The number of benzene rings is 2. The number of halogens is 1. The van der Waals surface area contributed by atoms with E-state index in [-0.39, 0.29) is 17.5 Å². The quantitative estimate of drug-likeness (QED) is 0.830. The van der Waals surface area contributed by atoms with Gasteiger partial charge in [0, 0.05) is 13.0 Å². The Balaban J connectivity index is 1.63. The van der Waals surface area contributed by atoms with Gasteiger partial charge < -0.3 is 14.4 Å². The Hall–Kier alpha value is -2.56. The van der Waals surface area contributed by atoms with Crippen molar-refractivity contribution in [2.45, 2.75) is 25.3 Å². The van der Waals surface area contributed by atoms with Crippen LogP contribution in [0.25, 0.3) is 0 Å². The Morgan fingerprint density at radius 1 is 1.04 bits per heavy atom. The lowest BCUT2D eigenvalue weighted by molar-refractivity contribution is 0.0730. The second kappa shape index (κ2) is 6.75. The summed E-state index contributed by atoms with van der Waals surface area (Å²) in [4.78, 5) is 14.6. The van der Waals surface area contributed by atoms with Crippen molar-refractivity contribution in [2.24, 2.45) is 0 Å². The van der Waals surface area contributed by atoms with Gasteiger partial charge in [0.1, 0.15) is 5.82 Å². The third-order valence-electron chi connectivity index (χ3n) is 4.77. The predicted octanol–water partition coefficient (Wildman–Crippen LogP) is 3.96. The van der Waals surface area contributed by atoms with Crippen molar-refractivity contribution in [3.8, 4) is 11.5 Å². The highest BCUT2D eigenvalue weighted by atomic mass is 19.1. The normalized spacial score (nSPS) is 19.6. The number of likely N-dealkylation sites (tertiary alicyclic amines) is 1. The molecule has 1 unspecified atom stereocenters. The molecule has 2 heterocycles. The van der Waals surface area contributed by atoms with Crippen molar-refractivity contribution in [2.75, 3.05) is 19.8 Å². The summed E-state index contributed by atoms with van der Waals surface area (Å²) < 4.78 is 25.4.